The van der Waals surface area contributed by atoms with Crippen molar-refractivity contribution < 1.29 is 14.3 Å². The SMILES string of the molecule is Cc1ccc(-n2c(C)cc(/C=N\NC(=O)C(=O)Nc3ccc(OCc4ccccc4)cc3)c2C)cc1C. The number of hydrazone groups is 1. The molecule has 0 saturated carbocycles. The zero-order valence-corrected chi connectivity index (χ0v) is 21.4. The minimum absolute atomic E-state index is 0.444. The zero-order valence-electron chi connectivity index (χ0n) is 21.4. The quantitative estimate of drug-likeness (QED) is 0.206. The lowest BCUT2D eigenvalue weighted by Crippen LogP contribution is -2.32. The first kappa shape index (κ1) is 25.4. The van der Waals surface area contributed by atoms with Crippen LogP contribution in [0.5, 0.6) is 5.75 Å². The number of hydrogen-bond donors (Lipinski definition) is 2. The van der Waals surface area contributed by atoms with Gasteiger partial charge in [0.15, 0.2) is 0 Å². The van der Waals surface area contributed by atoms with Crippen molar-refractivity contribution >= 4 is 23.7 Å². The Bertz CT molecular complexity index is 1440. The van der Waals surface area contributed by atoms with Crippen LogP contribution in [0.15, 0.2) is 84.0 Å². The van der Waals surface area contributed by atoms with Crippen LogP contribution in [0.2, 0.25) is 0 Å². The Hall–Kier alpha value is -4.65. The van der Waals surface area contributed by atoms with Gasteiger partial charge in [0.25, 0.3) is 0 Å². The summed E-state index contributed by atoms with van der Waals surface area (Å²) < 4.78 is 7.88. The van der Waals surface area contributed by atoms with Crippen molar-refractivity contribution in [2.24, 2.45) is 5.10 Å². The van der Waals surface area contributed by atoms with E-state index in [1.165, 1.54) is 11.1 Å². The van der Waals surface area contributed by atoms with Gasteiger partial charge in [0.05, 0.1) is 6.21 Å². The summed E-state index contributed by atoms with van der Waals surface area (Å²) in [6, 6.07) is 25.0. The van der Waals surface area contributed by atoms with Gasteiger partial charge in [-0.3, -0.25) is 9.59 Å². The number of hydrogen-bond acceptors (Lipinski definition) is 4. The fourth-order valence-corrected chi connectivity index (χ4v) is 3.95. The van der Waals surface area contributed by atoms with Gasteiger partial charge in [-0.05, 0) is 86.8 Å². The highest BCUT2D eigenvalue weighted by atomic mass is 16.5. The molecule has 2 N–H and O–H groups in total. The summed E-state index contributed by atoms with van der Waals surface area (Å²) >= 11 is 0. The molecule has 0 saturated heterocycles. The number of aromatic nitrogens is 1. The molecule has 0 atom stereocenters. The fourth-order valence-electron chi connectivity index (χ4n) is 3.95. The number of rotatable bonds is 7. The van der Waals surface area contributed by atoms with Gasteiger partial charge < -0.3 is 14.6 Å². The monoisotopic (exact) mass is 494 g/mol. The van der Waals surface area contributed by atoms with E-state index in [1.54, 1.807) is 30.5 Å². The van der Waals surface area contributed by atoms with E-state index in [4.69, 9.17) is 4.74 Å². The van der Waals surface area contributed by atoms with Crippen LogP contribution in [-0.4, -0.2) is 22.6 Å². The lowest BCUT2D eigenvalue weighted by molar-refractivity contribution is -0.136. The van der Waals surface area contributed by atoms with Gasteiger partial charge >= 0.3 is 11.8 Å². The second-order valence-electron chi connectivity index (χ2n) is 8.88. The first-order valence-corrected chi connectivity index (χ1v) is 12.0. The van der Waals surface area contributed by atoms with Crippen LogP contribution in [0.3, 0.4) is 0 Å². The second-order valence-corrected chi connectivity index (χ2v) is 8.88. The van der Waals surface area contributed by atoms with Crippen LogP contribution in [0.25, 0.3) is 5.69 Å². The third kappa shape index (κ3) is 6.32. The number of anilines is 1. The molecule has 0 unspecified atom stereocenters. The average molecular weight is 495 g/mol. The molecule has 3 aromatic carbocycles. The molecule has 188 valence electrons. The maximum Gasteiger partial charge on any atom is 0.329 e. The minimum atomic E-state index is -0.858. The summed E-state index contributed by atoms with van der Waals surface area (Å²) in [4.78, 5) is 24.5. The fraction of sp³-hybridized carbons (Fsp3) is 0.167. The summed E-state index contributed by atoms with van der Waals surface area (Å²) in [7, 11) is 0. The molecule has 37 heavy (non-hydrogen) atoms. The summed E-state index contributed by atoms with van der Waals surface area (Å²) in [6.45, 7) is 8.63. The van der Waals surface area contributed by atoms with Gasteiger partial charge in [-0.15, -0.1) is 0 Å². The molecule has 2 amide bonds. The third-order valence-electron chi connectivity index (χ3n) is 6.16. The molecular weight excluding hydrogens is 464 g/mol. The van der Waals surface area contributed by atoms with Crippen molar-refractivity contribution in [3.05, 3.63) is 113 Å². The van der Waals surface area contributed by atoms with Crippen molar-refractivity contribution in [3.8, 4) is 11.4 Å². The maximum absolute atomic E-state index is 12.3. The molecule has 0 aliphatic carbocycles. The molecule has 0 aliphatic rings. The molecule has 7 heteroatoms. The van der Waals surface area contributed by atoms with E-state index in [0.29, 0.717) is 18.0 Å². The molecule has 7 nitrogen and oxygen atoms in total. The van der Waals surface area contributed by atoms with Gasteiger partial charge in [-0.25, -0.2) is 5.43 Å². The molecule has 0 spiro atoms. The predicted octanol–water partition coefficient (Wildman–Crippen LogP) is 5.38. The minimum Gasteiger partial charge on any atom is -0.489 e. The molecule has 0 fully saturated rings. The van der Waals surface area contributed by atoms with E-state index in [-0.39, 0.29) is 0 Å². The molecule has 1 heterocycles. The standard InChI is InChI=1S/C30H30N4O3/c1-20-10-13-27(16-21(20)2)34-22(3)17-25(23(34)4)18-31-33-30(36)29(35)32-26-11-14-28(15-12-26)37-19-24-8-6-5-7-9-24/h5-18H,19H2,1-4H3,(H,32,35)(H,33,36)/b31-18-. The lowest BCUT2D eigenvalue weighted by atomic mass is 10.1. The molecule has 0 radical (unpaired) electrons. The first-order chi connectivity index (χ1) is 17.8. The van der Waals surface area contributed by atoms with E-state index < -0.39 is 11.8 Å². The summed E-state index contributed by atoms with van der Waals surface area (Å²) in [5.74, 6) is -1.01. The van der Waals surface area contributed by atoms with Crippen molar-refractivity contribution in [1.29, 1.82) is 0 Å². The Morgan fingerprint density at radius 2 is 1.59 bits per heavy atom. The summed E-state index contributed by atoms with van der Waals surface area (Å²) in [6.07, 6.45) is 1.55. The van der Waals surface area contributed by atoms with Crippen LogP contribution in [0, 0.1) is 27.7 Å². The van der Waals surface area contributed by atoms with Gasteiger partial charge in [0.2, 0.25) is 0 Å². The van der Waals surface area contributed by atoms with Crippen LogP contribution in [-0.2, 0) is 16.2 Å². The van der Waals surface area contributed by atoms with Crippen molar-refractivity contribution in [3.63, 3.8) is 0 Å². The molecule has 4 aromatic rings. The largest absolute Gasteiger partial charge is 0.489 e. The number of amides is 2. The van der Waals surface area contributed by atoms with E-state index in [0.717, 1.165) is 28.2 Å². The van der Waals surface area contributed by atoms with Crippen LogP contribution in [0.1, 0.15) is 33.6 Å². The molecule has 4 rings (SSSR count). The average Bonchev–Trinajstić information content (AvgIpc) is 3.18. The van der Waals surface area contributed by atoms with Gasteiger partial charge in [-0.2, -0.15) is 5.10 Å². The van der Waals surface area contributed by atoms with E-state index in [2.05, 4.69) is 52.5 Å². The maximum atomic E-state index is 12.3. The molecular formula is C30H30N4O3. The van der Waals surface area contributed by atoms with Gasteiger partial charge in [-0.1, -0.05) is 36.4 Å². The van der Waals surface area contributed by atoms with E-state index >= 15 is 0 Å². The van der Waals surface area contributed by atoms with Gasteiger partial charge in [0.1, 0.15) is 12.4 Å². The molecule has 1 aromatic heterocycles. The normalized spacial score (nSPS) is 10.9. The number of carbonyl (C=O) groups excluding carboxylic acids is 2. The number of carbonyl (C=O) groups is 2. The molecule has 0 aliphatic heterocycles. The number of benzene rings is 3. The Morgan fingerprint density at radius 1 is 0.865 bits per heavy atom. The number of aryl methyl sites for hydroxylation is 3. The predicted molar refractivity (Wildman–Crippen MR) is 146 cm³/mol. The highest BCUT2D eigenvalue weighted by Crippen LogP contribution is 2.22. The van der Waals surface area contributed by atoms with E-state index in [1.807, 2.05) is 50.2 Å². The third-order valence-corrected chi connectivity index (χ3v) is 6.16. The Labute approximate surface area is 216 Å². The number of nitrogens with one attached hydrogen (secondary N) is 2. The summed E-state index contributed by atoms with van der Waals surface area (Å²) in [5, 5.41) is 6.56. The Kier molecular flexibility index (Phi) is 7.83. The summed E-state index contributed by atoms with van der Waals surface area (Å²) in [5.41, 5.74) is 10.2. The number of ether oxygens (including phenoxy) is 1. The van der Waals surface area contributed by atoms with Crippen LogP contribution < -0.4 is 15.5 Å². The van der Waals surface area contributed by atoms with Crippen LogP contribution in [0.4, 0.5) is 5.69 Å². The second kappa shape index (κ2) is 11.4. The van der Waals surface area contributed by atoms with E-state index in [9.17, 15) is 9.59 Å². The van der Waals surface area contributed by atoms with Crippen molar-refractivity contribution in [1.82, 2.24) is 9.99 Å². The zero-order chi connectivity index (χ0) is 26.4. The Morgan fingerprint density at radius 3 is 2.30 bits per heavy atom. The van der Waals surface area contributed by atoms with Crippen molar-refractivity contribution in [2.75, 3.05) is 5.32 Å². The smallest absolute Gasteiger partial charge is 0.329 e. The Balaban J connectivity index is 1.32. The van der Waals surface area contributed by atoms with Crippen molar-refractivity contribution in [2.45, 2.75) is 34.3 Å². The first-order valence-electron chi connectivity index (χ1n) is 12.0. The highest BCUT2D eigenvalue weighted by Gasteiger charge is 2.14. The lowest BCUT2D eigenvalue weighted by Gasteiger charge is -2.11. The van der Waals surface area contributed by atoms with Gasteiger partial charge in [0, 0.05) is 28.3 Å². The number of nitrogens with zero attached hydrogens (tertiary/aromatic N) is 2. The highest BCUT2D eigenvalue weighted by molar-refractivity contribution is 6.39. The topological polar surface area (TPSA) is 84.7 Å². The molecule has 0 bridgehead atoms. The van der Waals surface area contributed by atoms with Crippen LogP contribution >= 0.6 is 0 Å².